The number of rotatable bonds is 4. The highest BCUT2D eigenvalue weighted by Crippen LogP contribution is 2.33. The van der Waals surface area contributed by atoms with Crippen molar-refractivity contribution in [2.45, 2.75) is 0 Å². The van der Waals surface area contributed by atoms with Gasteiger partial charge in [0.15, 0.2) is 23.3 Å². The van der Waals surface area contributed by atoms with Gasteiger partial charge in [-0.15, -0.1) is 0 Å². The van der Waals surface area contributed by atoms with E-state index in [0.29, 0.717) is 27.0 Å². The number of anilines is 3. The molecule has 4 nitrogen and oxygen atoms in total. The maximum Gasteiger partial charge on any atom is 0.255 e. The summed E-state index contributed by atoms with van der Waals surface area (Å²) in [5.41, 5.74) is 0.469. The lowest BCUT2D eigenvalue weighted by atomic mass is 10.1. The molecule has 0 aliphatic carbocycles. The quantitative estimate of drug-likeness (QED) is 0.253. The van der Waals surface area contributed by atoms with Crippen LogP contribution in [0.4, 0.5) is 39.0 Å². The van der Waals surface area contributed by atoms with Crippen LogP contribution >= 0.6 is 23.2 Å². The molecule has 1 aliphatic heterocycles. The zero-order valence-corrected chi connectivity index (χ0v) is 18.8. The van der Waals surface area contributed by atoms with E-state index in [0.717, 1.165) is 4.90 Å². The molecule has 11 heteroatoms. The molecule has 0 aromatic heterocycles. The van der Waals surface area contributed by atoms with Crippen molar-refractivity contribution in [3.63, 3.8) is 0 Å². The summed E-state index contributed by atoms with van der Waals surface area (Å²) in [7, 11) is 0. The van der Waals surface area contributed by atoms with E-state index in [-0.39, 0.29) is 32.1 Å². The Morgan fingerprint density at radius 3 is 1.94 bits per heavy atom. The molecular formula is C23H16Cl2F5N3O. The van der Waals surface area contributed by atoms with Gasteiger partial charge in [-0.25, -0.2) is 22.0 Å². The van der Waals surface area contributed by atoms with E-state index in [9.17, 15) is 26.7 Å². The number of hydrogen-bond donors (Lipinski definition) is 1. The summed E-state index contributed by atoms with van der Waals surface area (Å²) in [6.07, 6.45) is 0. The van der Waals surface area contributed by atoms with E-state index in [1.807, 2.05) is 4.90 Å². The molecule has 34 heavy (non-hydrogen) atoms. The standard InChI is InChI=1S/C23H16Cl2F5N3O/c24-13-3-1-2-12(10-13)23(34)31-14-4-5-16(15(25)11-14)32-6-8-33(9-7-32)22-20(29)18(27)17(26)19(28)21(22)30/h1-5,10-11H,6-9H2,(H,31,34). The van der Waals surface area contributed by atoms with Gasteiger partial charge in [0, 0.05) is 42.5 Å². The second kappa shape index (κ2) is 9.68. The Kier molecular flexibility index (Phi) is 6.86. The van der Waals surface area contributed by atoms with Crippen LogP contribution < -0.4 is 15.1 Å². The zero-order valence-electron chi connectivity index (χ0n) is 17.3. The predicted molar refractivity (Wildman–Crippen MR) is 122 cm³/mol. The molecule has 1 fully saturated rings. The fraction of sp³-hybridized carbons (Fsp3) is 0.174. The van der Waals surface area contributed by atoms with Crippen molar-refractivity contribution in [2.24, 2.45) is 0 Å². The van der Waals surface area contributed by atoms with Crippen molar-refractivity contribution in [3.05, 3.63) is 87.2 Å². The van der Waals surface area contributed by atoms with Crippen LogP contribution in [0.25, 0.3) is 0 Å². The summed E-state index contributed by atoms with van der Waals surface area (Å²) in [6, 6.07) is 11.3. The summed E-state index contributed by atoms with van der Waals surface area (Å²) in [5, 5.41) is 3.45. The Balaban J connectivity index is 1.46. The van der Waals surface area contributed by atoms with Crippen LogP contribution in [0.2, 0.25) is 10.0 Å². The Morgan fingerprint density at radius 1 is 0.765 bits per heavy atom. The summed E-state index contributed by atoms with van der Waals surface area (Å²) in [5.74, 6) is -10.2. The van der Waals surface area contributed by atoms with E-state index < -0.39 is 34.8 Å². The minimum Gasteiger partial charge on any atom is -0.367 e. The molecule has 178 valence electrons. The van der Waals surface area contributed by atoms with E-state index in [4.69, 9.17) is 23.2 Å². The van der Waals surface area contributed by atoms with Gasteiger partial charge in [-0.3, -0.25) is 4.79 Å². The Bertz CT molecular complexity index is 1240. The first-order valence-electron chi connectivity index (χ1n) is 10.0. The monoisotopic (exact) mass is 515 g/mol. The molecule has 3 aromatic rings. The fourth-order valence-corrected chi connectivity index (χ4v) is 4.21. The van der Waals surface area contributed by atoms with Gasteiger partial charge in [-0.05, 0) is 36.4 Å². The van der Waals surface area contributed by atoms with Gasteiger partial charge in [0.05, 0.1) is 10.7 Å². The lowest BCUT2D eigenvalue weighted by Gasteiger charge is -2.38. The number of nitrogens with one attached hydrogen (secondary N) is 1. The molecule has 4 rings (SSSR count). The average Bonchev–Trinajstić information content (AvgIpc) is 2.82. The molecule has 0 bridgehead atoms. The van der Waals surface area contributed by atoms with Gasteiger partial charge < -0.3 is 15.1 Å². The number of benzene rings is 3. The summed E-state index contributed by atoms with van der Waals surface area (Å²) in [4.78, 5) is 15.3. The van der Waals surface area contributed by atoms with E-state index in [2.05, 4.69) is 5.32 Å². The molecule has 1 amide bonds. The predicted octanol–water partition coefficient (Wildman–Crippen LogP) is 6.27. The number of carbonyl (C=O) groups excluding carboxylic acids is 1. The molecule has 1 saturated heterocycles. The number of piperazine rings is 1. The van der Waals surface area contributed by atoms with Gasteiger partial charge >= 0.3 is 0 Å². The molecular weight excluding hydrogens is 500 g/mol. The highest BCUT2D eigenvalue weighted by molar-refractivity contribution is 6.33. The van der Waals surface area contributed by atoms with Crippen molar-refractivity contribution in [3.8, 4) is 0 Å². The van der Waals surface area contributed by atoms with Crippen molar-refractivity contribution in [1.82, 2.24) is 0 Å². The van der Waals surface area contributed by atoms with Gasteiger partial charge in [-0.1, -0.05) is 29.3 Å². The van der Waals surface area contributed by atoms with Crippen LogP contribution in [-0.4, -0.2) is 32.1 Å². The Labute approximate surface area is 201 Å². The SMILES string of the molecule is O=C(Nc1ccc(N2CCN(c3c(F)c(F)c(F)c(F)c3F)CC2)c(Cl)c1)c1cccc(Cl)c1. The number of halogens is 7. The number of nitrogens with zero attached hydrogens (tertiary/aromatic N) is 2. The molecule has 1 heterocycles. The van der Waals surface area contributed by atoms with Crippen molar-refractivity contribution >= 4 is 46.2 Å². The van der Waals surface area contributed by atoms with Gasteiger partial charge in [0.1, 0.15) is 5.69 Å². The third kappa shape index (κ3) is 4.63. The summed E-state index contributed by atoms with van der Waals surface area (Å²) >= 11 is 12.3. The van der Waals surface area contributed by atoms with Crippen LogP contribution in [-0.2, 0) is 0 Å². The third-order valence-corrected chi connectivity index (χ3v) is 5.95. The van der Waals surface area contributed by atoms with E-state index in [1.165, 1.54) is 6.07 Å². The fourth-order valence-electron chi connectivity index (χ4n) is 3.72. The average molecular weight is 516 g/mol. The lowest BCUT2D eigenvalue weighted by molar-refractivity contribution is 0.102. The first-order chi connectivity index (χ1) is 16.2. The van der Waals surface area contributed by atoms with Gasteiger partial charge in [0.2, 0.25) is 5.82 Å². The molecule has 0 spiro atoms. The Hall–Kier alpha value is -3.04. The van der Waals surface area contributed by atoms with Gasteiger partial charge in [-0.2, -0.15) is 0 Å². The molecule has 1 N–H and O–H groups in total. The molecule has 0 saturated carbocycles. The third-order valence-electron chi connectivity index (χ3n) is 5.42. The summed E-state index contributed by atoms with van der Waals surface area (Å²) < 4.78 is 68.7. The van der Waals surface area contributed by atoms with Crippen LogP contribution in [0.15, 0.2) is 42.5 Å². The second-order valence-electron chi connectivity index (χ2n) is 7.52. The first kappa shape index (κ1) is 24.1. The lowest BCUT2D eigenvalue weighted by Crippen LogP contribution is -2.47. The van der Waals surface area contributed by atoms with E-state index in [1.54, 1.807) is 36.4 Å². The van der Waals surface area contributed by atoms with Crippen molar-refractivity contribution in [2.75, 3.05) is 41.3 Å². The molecule has 1 aliphatic rings. The molecule has 0 atom stereocenters. The maximum atomic E-state index is 14.1. The van der Waals surface area contributed by atoms with Crippen LogP contribution in [0, 0.1) is 29.1 Å². The van der Waals surface area contributed by atoms with Crippen LogP contribution in [0.3, 0.4) is 0 Å². The smallest absolute Gasteiger partial charge is 0.255 e. The molecule has 3 aromatic carbocycles. The zero-order chi connectivity index (χ0) is 24.6. The highest BCUT2D eigenvalue weighted by atomic mass is 35.5. The maximum absolute atomic E-state index is 14.1. The minimum atomic E-state index is -2.19. The van der Waals surface area contributed by atoms with Crippen LogP contribution in [0.5, 0.6) is 0 Å². The Morgan fingerprint density at radius 2 is 1.35 bits per heavy atom. The normalized spacial score (nSPS) is 13.9. The summed E-state index contributed by atoms with van der Waals surface area (Å²) in [6.45, 7) is 0.435. The van der Waals surface area contributed by atoms with Crippen molar-refractivity contribution < 1.29 is 26.7 Å². The first-order valence-corrected chi connectivity index (χ1v) is 10.8. The minimum absolute atomic E-state index is 0.00192. The van der Waals surface area contributed by atoms with Crippen molar-refractivity contribution in [1.29, 1.82) is 0 Å². The topological polar surface area (TPSA) is 35.6 Å². The highest BCUT2D eigenvalue weighted by Gasteiger charge is 2.31. The molecule has 0 radical (unpaired) electrons. The number of amides is 1. The van der Waals surface area contributed by atoms with Crippen LogP contribution in [0.1, 0.15) is 10.4 Å². The molecule has 0 unspecified atom stereocenters. The largest absolute Gasteiger partial charge is 0.367 e. The number of hydrogen-bond acceptors (Lipinski definition) is 3. The second-order valence-corrected chi connectivity index (χ2v) is 8.37. The number of carbonyl (C=O) groups is 1. The van der Waals surface area contributed by atoms with Gasteiger partial charge in [0.25, 0.3) is 5.91 Å². The van der Waals surface area contributed by atoms with E-state index >= 15 is 0 Å².